The standard InChI is InChI=1S/C40H48F2N6O5/c41-40(42)18-15-30(16-19-40)36(49)44-35(29-10-2-1-3-11-29)17-23-45-24-25-47(39(52)53)32(27-45)28-46(26-31-12-6-7-20-43-31)21-8-9-22-48-37(50)33-13-4-5-14-34(33)38(48)51/h1-7,10-14,20,30,32,35H,8-9,15-19,21-28H2,(H,44,49)(H,52,53). The number of benzene rings is 2. The van der Waals surface area contributed by atoms with Gasteiger partial charge in [-0.1, -0.05) is 48.5 Å². The van der Waals surface area contributed by atoms with E-state index in [1.54, 1.807) is 30.5 Å². The summed E-state index contributed by atoms with van der Waals surface area (Å²) < 4.78 is 27.6. The van der Waals surface area contributed by atoms with E-state index in [4.69, 9.17) is 0 Å². The second kappa shape index (κ2) is 17.4. The van der Waals surface area contributed by atoms with Crippen LogP contribution in [0.15, 0.2) is 79.0 Å². The van der Waals surface area contributed by atoms with Crippen LogP contribution in [0.25, 0.3) is 0 Å². The zero-order chi connectivity index (χ0) is 37.4. The minimum Gasteiger partial charge on any atom is -0.465 e. The van der Waals surface area contributed by atoms with Gasteiger partial charge in [-0.3, -0.25) is 34.1 Å². The molecular weight excluding hydrogens is 682 g/mol. The Labute approximate surface area is 309 Å². The van der Waals surface area contributed by atoms with E-state index in [9.17, 15) is 33.1 Å². The number of imide groups is 1. The van der Waals surface area contributed by atoms with Crippen LogP contribution >= 0.6 is 0 Å². The molecule has 11 nitrogen and oxygen atoms in total. The lowest BCUT2D eigenvalue weighted by molar-refractivity contribution is -0.130. The van der Waals surface area contributed by atoms with Crippen LogP contribution in [0.2, 0.25) is 0 Å². The highest BCUT2D eigenvalue weighted by Crippen LogP contribution is 2.36. The minimum atomic E-state index is -2.71. The Morgan fingerprint density at radius 1 is 0.906 bits per heavy atom. The van der Waals surface area contributed by atoms with Crippen molar-refractivity contribution in [3.63, 3.8) is 0 Å². The Balaban J connectivity index is 1.08. The van der Waals surface area contributed by atoms with Crippen LogP contribution in [0.5, 0.6) is 0 Å². The van der Waals surface area contributed by atoms with E-state index in [0.717, 1.165) is 11.3 Å². The number of carboxylic acid groups (broad SMARTS) is 1. The first-order valence-corrected chi connectivity index (χ1v) is 18.6. The normalized spacial score (nSPS) is 19.7. The van der Waals surface area contributed by atoms with Gasteiger partial charge in [-0.05, 0) is 68.5 Å². The van der Waals surface area contributed by atoms with Gasteiger partial charge in [0.25, 0.3) is 11.8 Å². The van der Waals surface area contributed by atoms with Gasteiger partial charge in [0.15, 0.2) is 0 Å². The quantitative estimate of drug-likeness (QED) is 0.151. The smallest absolute Gasteiger partial charge is 0.407 e. The molecule has 1 aliphatic carbocycles. The zero-order valence-electron chi connectivity index (χ0n) is 29.9. The molecule has 6 rings (SSSR count). The number of hydrogen-bond acceptors (Lipinski definition) is 7. The van der Waals surface area contributed by atoms with Gasteiger partial charge in [0.05, 0.1) is 28.9 Å². The number of pyridine rings is 1. The van der Waals surface area contributed by atoms with Crippen LogP contribution in [0.1, 0.15) is 83.0 Å². The molecule has 0 bridgehead atoms. The van der Waals surface area contributed by atoms with Crippen LogP contribution in [0, 0.1) is 5.92 Å². The number of nitrogens with one attached hydrogen (secondary N) is 1. The van der Waals surface area contributed by atoms with Gasteiger partial charge in [0, 0.05) is 70.8 Å². The third-order valence-electron chi connectivity index (χ3n) is 10.7. The van der Waals surface area contributed by atoms with E-state index in [1.165, 1.54) is 9.80 Å². The molecule has 2 fully saturated rings. The van der Waals surface area contributed by atoms with Crippen molar-refractivity contribution in [2.75, 3.05) is 45.8 Å². The molecule has 3 aromatic rings. The van der Waals surface area contributed by atoms with E-state index >= 15 is 0 Å². The molecule has 4 amide bonds. The Morgan fingerprint density at radius 3 is 2.25 bits per heavy atom. The first kappa shape index (κ1) is 38.0. The maximum absolute atomic E-state index is 13.8. The lowest BCUT2D eigenvalue weighted by atomic mass is 9.86. The summed E-state index contributed by atoms with van der Waals surface area (Å²) in [4.78, 5) is 63.2. The summed E-state index contributed by atoms with van der Waals surface area (Å²) in [5.74, 6) is -3.90. The summed E-state index contributed by atoms with van der Waals surface area (Å²) >= 11 is 0. The fraction of sp³-hybridized carbons (Fsp3) is 0.475. The van der Waals surface area contributed by atoms with Crippen molar-refractivity contribution >= 4 is 23.8 Å². The third kappa shape index (κ3) is 9.82. The summed E-state index contributed by atoms with van der Waals surface area (Å²) in [7, 11) is 0. The molecule has 1 saturated heterocycles. The largest absolute Gasteiger partial charge is 0.465 e. The highest BCUT2D eigenvalue weighted by Gasteiger charge is 2.38. The SMILES string of the molecule is O=C(NC(CCN1CCN(C(=O)O)C(CN(CCCCN2C(=O)c3ccccc3C2=O)Cc2ccccn2)C1)c1ccccc1)C1CCC(F)(F)CC1. The van der Waals surface area contributed by atoms with Gasteiger partial charge in [0.2, 0.25) is 11.8 Å². The Hall–Kier alpha value is -4.75. The molecule has 0 spiro atoms. The lowest BCUT2D eigenvalue weighted by Crippen LogP contribution is -2.58. The van der Waals surface area contributed by atoms with Crippen molar-refractivity contribution in [2.45, 2.75) is 69.5 Å². The second-order valence-corrected chi connectivity index (χ2v) is 14.4. The highest BCUT2D eigenvalue weighted by molar-refractivity contribution is 6.21. The van der Waals surface area contributed by atoms with Gasteiger partial charge >= 0.3 is 6.09 Å². The molecule has 282 valence electrons. The molecule has 2 aliphatic heterocycles. The third-order valence-corrected chi connectivity index (χ3v) is 10.7. The molecule has 2 N–H and O–H groups in total. The summed E-state index contributed by atoms with van der Waals surface area (Å²) in [6.45, 7) is 3.84. The van der Waals surface area contributed by atoms with Crippen LogP contribution in [-0.2, 0) is 11.3 Å². The van der Waals surface area contributed by atoms with Crippen molar-refractivity contribution in [3.8, 4) is 0 Å². The van der Waals surface area contributed by atoms with Crippen molar-refractivity contribution in [1.82, 2.24) is 29.9 Å². The van der Waals surface area contributed by atoms with Gasteiger partial charge < -0.3 is 15.3 Å². The van der Waals surface area contributed by atoms with E-state index < -0.39 is 17.9 Å². The number of rotatable bonds is 15. The van der Waals surface area contributed by atoms with Crippen molar-refractivity contribution in [2.24, 2.45) is 5.92 Å². The van der Waals surface area contributed by atoms with Gasteiger partial charge in [-0.25, -0.2) is 13.6 Å². The average molecular weight is 731 g/mol. The van der Waals surface area contributed by atoms with Crippen molar-refractivity contribution < 1.29 is 33.1 Å². The fourth-order valence-corrected chi connectivity index (χ4v) is 7.74. The van der Waals surface area contributed by atoms with E-state index in [2.05, 4.69) is 20.1 Å². The number of piperazine rings is 1. The molecule has 2 atom stereocenters. The van der Waals surface area contributed by atoms with Gasteiger partial charge in [-0.2, -0.15) is 0 Å². The Morgan fingerprint density at radius 2 is 1.58 bits per heavy atom. The van der Waals surface area contributed by atoms with E-state index in [0.29, 0.717) is 82.7 Å². The van der Waals surface area contributed by atoms with Crippen LogP contribution in [-0.4, -0.2) is 111 Å². The number of hydrogen-bond donors (Lipinski definition) is 2. The molecule has 2 aromatic carbocycles. The molecule has 1 saturated carbocycles. The average Bonchev–Trinajstić information content (AvgIpc) is 3.40. The van der Waals surface area contributed by atoms with E-state index in [1.807, 2.05) is 48.5 Å². The van der Waals surface area contributed by atoms with Crippen molar-refractivity contribution in [1.29, 1.82) is 0 Å². The second-order valence-electron chi connectivity index (χ2n) is 14.4. The fourth-order valence-electron chi connectivity index (χ4n) is 7.74. The number of fused-ring (bicyclic) bond motifs is 1. The monoisotopic (exact) mass is 730 g/mol. The molecule has 2 unspecified atom stereocenters. The Bertz CT molecular complexity index is 1690. The minimum absolute atomic E-state index is 0.164. The topological polar surface area (TPSA) is 126 Å². The van der Waals surface area contributed by atoms with Crippen LogP contribution in [0.3, 0.4) is 0 Å². The first-order chi connectivity index (χ1) is 25.6. The molecule has 53 heavy (non-hydrogen) atoms. The number of alkyl halides is 2. The highest BCUT2D eigenvalue weighted by atomic mass is 19.3. The molecule has 1 aromatic heterocycles. The predicted molar refractivity (Wildman–Crippen MR) is 194 cm³/mol. The maximum Gasteiger partial charge on any atom is 0.407 e. The molecule has 13 heteroatoms. The maximum atomic E-state index is 13.8. The molecule has 0 radical (unpaired) electrons. The molecular formula is C40H48F2N6O5. The summed E-state index contributed by atoms with van der Waals surface area (Å²) in [6.07, 6.45) is 2.38. The number of carbonyl (C=O) groups excluding carboxylic acids is 3. The first-order valence-electron chi connectivity index (χ1n) is 18.6. The van der Waals surface area contributed by atoms with Crippen LogP contribution < -0.4 is 5.32 Å². The molecule has 3 heterocycles. The number of carbonyl (C=O) groups is 4. The Kier molecular flexibility index (Phi) is 12.5. The number of amides is 4. The van der Waals surface area contributed by atoms with E-state index in [-0.39, 0.29) is 55.5 Å². The number of aromatic nitrogens is 1. The molecule has 3 aliphatic rings. The zero-order valence-corrected chi connectivity index (χ0v) is 29.9. The lowest BCUT2D eigenvalue weighted by Gasteiger charge is -2.42. The number of unbranched alkanes of at least 4 members (excludes halogenated alkanes) is 1. The summed E-state index contributed by atoms with van der Waals surface area (Å²) in [5.41, 5.74) is 2.65. The number of halogens is 2. The summed E-state index contributed by atoms with van der Waals surface area (Å²) in [6, 6.07) is 21.5. The van der Waals surface area contributed by atoms with Crippen molar-refractivity contribution in [3.05, 3.63) is 101 Å². The van der Waals surface area contributed by atoms with Gasteiger partial charge in [0.1, 0.15) is 0 Å². The van der Waals surface area contributed by atoms with Gasteiger partial charge in [-0.15, -0.1) is 0 Å². The predicted octanol–water partition coefficient (Wildman–Crippen LogP) is 5.70. The summed E-state index contributed by atoms with van der Waals surface area (Å²) in [5, 5.41) is 13.3. The number of nitrogens with zero attached hydrogens (tertiary/aromatic N) is 5. The van der Waals surface area contributed by atoms with Crippen LogP contribution in [0.4, 0.5) is 13.6 Å².